The first-order chi connectivity index (χ1) is 16.0. The van der Waals surface area contributed by atoms with Crippen LogP contribution < -0.4 is 19.1 Å². The fourth-order valence-electron chi connectivity index (χ4n) is 3.80. The highest BCUT2D eigenvalue weighted by atomic mass is 16.5. The van der Waals surface area contributed by atoms with Crippen LogP contribution in [0.1, 0.15) is 17.3 Å². The largest absolute Gasteiger partial charge is 0.507 e. The van der Waals surface area contributed by atoms with E-state index in [-0.39, 0.29) is 16.9 Å². The van der Waals surface area contributed by atoms with Crippen LogP contribution in [-0.2, 0) is 9.59 Å². The Labute approximate surface area is 190 Å². The summed E-state index contributed by atoms with van der Waals surface area (Å²) in [6.45, 7) is 0. The molecule has 1 amide bonds. The number of ether oxygens (including phenoxy) is 3. The van der Waals surface area contributed by atoms with Crippen molar-refractivity contribution in [2.45, 2.75) is 6.04 Å². The number of carbonyl (C=O) groups excluding carboxylic acids is 2. The highest BCUT2D eigenvalue weighted by Crippen LogP contribution is 2.43. The van der Waals surface area contributed by atoms with Gasteiger partial charge in [-0.15, -0.1) is 0 Å². The maximum Gasteiger partial charge on any atom is 0.300 e. The lowest BCUT2D eigenvalue weighted by molar-refractivity contribution is -0.132. The molecule has 4 rings (SSSR count). The molecule has 1 atom stereocenters. The summed E-state index contributed by atoms with van der Waals surface area (Å²) in [4.78, 5) is 32.1. The summed E-state index contributed by atoms with van der Waals surface area (Å²) >= 11 is 0. The molecule has 1 aliphatic heterocycles. The molecule has 168 valence electrons. The Morgan fingerprint density at radius 2 is 1.61 bits per heavy atom. The second-order valence-corrected chi connectivity index (χ2v) is 7.19. The van der Waals surface area contributed by atoms with Crippen LogP contribution in [0.3, 0.4) is 0 Å². The Morgan fingerprint density at radius 3 is 2.21 bits per heavy atom. The number of hydrogen-bond donors (Lipinski definition) is 1. The minimum atomic E-state index is -0.949. The van der Waals surface area contributed by atoms with Crippen molar-refractivity contribution < 1.29 is 28.9 Å². The van der Waals surface area contributed by atoms with E-state index in [1.54, 1.807) is 66.9 Å². The van der Waals surface area contributed by atoms with Crippen LogP contribution >= 0.6 is 0 Å². The maximum absolute atomic E-state index is 13.2. The molecule has 0 aliphatic carbocycles. The van der Waals surface area contributed by atoms with Gasteiger partial charge in [-0.3, -0.25) is 19.5 Å². The molecule has 1 N–H and O–H groups in total. The summed E-state index contributed by atoms with van der Waals surface area (Å²) in [5, 5.41) is 11.3. The number of rotatable bonds is 6. The number of carbonyl (C=O) groups is 2. The number of Topliss-reactive ketones (excluding diaryl/α,β-unsaturated/α-hetero) is 1. The molecule has 2 aromatic carbocycles. The molecule has 1 saturated heterocycles. The fraction of sp³-hybridized carbons (Fsp3) is 0.160. The van der Waals surface area contributed by atoms with Gasteiger partial charge in [-0.05, 0) is 54.6 Å². The maximum atomic E-state index is 13.2. The number of benzene rings is 2. The first-order valence-electron chi connectivity index (χ1n) is 10.1. The number of pyridine rings is 1. The fourth-order valence-corrected chi connectivity index (χ4v) is 3.80. The minimum absolute atomic E-state index is 0.0962. The third-order valence-electron chi connectivity index (χ3n) is 5.42. The van der Waals surface area contributed by atoms with E-state index < -0.39 is 17.7 Å². The zero-order valence-corrected chi connectivity index (χ0v) is 18.3. The molecule has 8 heteroatoms. The van der Waals surface area contributed by atoms with Gasteiger partial charge in [-0.1, -0.05) is 6.07 Å². The van der Waals surface area contributed by atoms with Gasteiger partial charge in [0.05, 0.1) is 38.2 Å². The molecule has 2 heterocycles. The lowest BCUT2D eigenvalue weighted by Crippen LogP contribution is -2.29. The average Bonchev–Trinajstić information content (AvgIpc) is 3.14. The van der Waals surface area contributed by atoms with Gasteiger partial charge in [0.25, 0.3) is 11.7 Å². The van der Waals surface area contributed by atoms with Gasteiger partial charge >= 0.3 is 0 Å². The van der Waals surface area contributed by atoms with Crippen molar-refractivity contribution in [3.05, 3.63) is 83.7 Å². The van der Waals surface area contributed by atoms with E-state index in [0.717, 1.165) is 0 Å². The first-order valence-corrected chi connectivity index (χ1v) is 10.1. The van der Waals surface area contributed by atoms with Crippen molar-refractivity contribution >= 4 is 23.1 Å². The van der Waals surface area contributed by atoms with Crippen molar-refractivity contribution in [3.8, 4) is 17.2 Å². The van der Waals surface area contributed by atoms with Crippen molar-refractivity contribution in [2.75, 3.05) is 26.2 Å². The topological polar surface area (TPSA) is 98.2 Å². The number of methoxy groups -OCH3 is 3. The van der Waals surface area contributed by atoms with Crippen molar-refractivity contribution in [3.63, 3.8) is 0 Å². The van der Waals surface area contributed by atoms with Gasteiger partial charge in [0, 0.05) is 11.9 Å². The number of aliphatic hydroxyl groups is 1. The van der Waals surface area contributed by atoms with Gasteiger partial charge in [0.2, 0.25) is 0 Å². The molecular formula is C25H22N2O6. The Balaban J connectivity index is 1.95. The number of anilines is 1. The smallest absolute Gasteiger partial charge is 0.300 e. The second-order valence-electron chi connectivity index (χ2n) is 7.19. The van der Waals surface area contributed by atoms with Crippen LogP contribution in [0.5, 0.6) is 17.2 Å². The monoisotopic (exact) mass is 446 g/mol. The number of hydrogen-bond acceptors (Lipinski definition) is 7. The third-order valence-corrected chi connectivity index (χ3v) is 5.42. The van der Waals surface area contributed by atoms with E-state index in [2.05, 4.69) is 4.98 Å². The van der Waals surface area contributed by atoms with Crippen molar-refractivity contribution in [1.29, 1.82) is 0 Å². The summed E-state index contributed by atoms with van der Waals surface area (Å²) in [6.07, 6.45) is 1.57. The zero-order chi connectivity index (χ0) is 23.5. The number of nitrogens with zero attached hydrogens (tertiary/aromatic N) is 2. The predicted molar refractivity (Wildman–Crippen MR) is 122 cm³/mol. The first kappa shape index (κ1) is 21.9. The predicted octanol–water partition coefficient (Wildman–Crippen LogP) is 3.73. The third kappa shape index (κ3) is 3.87. The van der Waals surface area contributed by atoms with Gasteiger partial charge in [-0.2, -0.15) is 0 Å². The summed E-state index contributed by atoms with van der Waals surface area (Å²) < 4.78 is 15.8. The normalized spacial score (nSPS) is 17.2. The Hall–Kier alpha value is -4.33. The highest BCUT2D eigenvalue weighted by Gasteiger charge is 2.47. The molecule has 1 aliphatic rings. The van der Waals surface area contributed by atoms with Gasteiger partial charge < -0.3 is 19.3 Å². The van der Waals surface area contributed by atoms with E-state index in [4.69, 9.17) is 14.2 Å². The average molecular weight is 446 g/mol. The van der Waals surface area contributed by atoms with Crippen LogP contribution in [0.25, 0.3) is 5.76 Å². The molecule has 0 spiro atoms. The van der Waals surface area contributed by atoms with Crippen LogP contribution in [0.15, 0.2) is 72.4 Å². The lowest BCUT2D eigenvalue weighted by atomic mass is 9.97. The Bertz CT molecular complexity index is 1220. The van der Waals surface area contributed by atoms with Crippen molar-refractivity contribution in [2.24, 2.45) is 0 Å². The summed E-state index contributed by atoms with van der Waals surface area (Å²) in [7, 11) is 4.48. The molecule has 33 heavy (non-hydrogen) atoms. The molecule has 0 bridgehead atoms. The molecule has 1 unspecified atom stereocenters. The number of aliphatic hydroxyl groups excluding tert-OH is 1. The summed E-state index contributed by atoms with van der Waals surface area (Å²) in [6, 6.07) is 15.8. The quantitative estimate of drug-likeness (QED) is 0.350. The van der Waals surface area contributed by atoms with Crippen LogP contribution in [0.4, 0.5) is 5.69 Å². The molecule has 1 fully saturated rings. The van der Waals surface area contributed by atoms with E-state index >= 15 is 0 Å². The van der Waals surface area contributed by atoms with E-state index in [9.17, 15) is 14.7 Å². The van der Waals surface area contributed by atoms with Gasteiger partial charge in [0.15, 0.2) is 0 Å². The Morgan fingerprint density at radius 1 is 0.909 bits per heavy atom. The van der Waals surface area contributed by atoms with Gasteiger partial charge in [0.1, 0.15) is 29.0 Å². The SMILES string of the molecule is COc1ccc(N2C(=O)C(=O)/C(=C(/O)c3cc(OC)ccc3OC)C2c2ccccn2)cc1. The van der Waals surface area contributed by atoms with Crippen LogP contribution in [-0.4, -0.2) is 43.1 Å². The lowest BCUT2D eigenvalue weighted by Gasteiger charge is -2.24. The number of ketones is 1. The van der Waals surface area contributed by atoms with Crippen LogP contribution in [0.2, 0.25) is 0 Å². The second kappa shape index (κ2) is 9.04. The van der Waals surface area contributed by atoms with Gasteiger partial charge in [-0.25, -0.2) is 0 Å². The zero-order valence-electron chi connectivity index (χ0n) is 18.3. The molecule has 8 nitrogen and oxygen atoms in total. The molecule has 0 saturated carbocycles. The molecule has 3 aromatic rings. The molecular weight excluding hydrogens is 424 g/mol. The molecule has 1 aromatic heterocycles. The minimum Gasteiger partial charge on any atom is -0.507 e. The molecule has 0 radical (unpaired) electrons. The Kier molecular flexibility index (Phi) is 5.99. The number of aromatic nitrogens is 1. The summed E-state index contributed by atoms with van der Waals surface area (Å²) in [5.74, 6) is -0.607. The highest BCUT2D eigenvalue weighted by molar-refractivity contribution is 6.51. The van der Waals surface area contributed by atoms with Crippen LogP contribution in [0, 0.1) is 0 Å². The standard InChI is InChI=1S/C25H22N2O6/c1-31-16-9-7-15(8-10-16)27-22(19-6-4-5-13-26-19)21(24(29)25(27)30)23(28)18-14-17(32-2)11-12-20(18)33-3/h4-14,22,28H,1-3H3/b23-21+. The van der Waals surface area contributed by atoms with E-state index in [1.807, 2.05) is 0 Å². The van der Waals surface area contributed by atoms with E-state index in [1.165, 1.54) is 26.2 Å². The number of amides is 1. The van der Waals surface area contributed by atoms with Crippen molar-refractivity contribution in [1.82, 2.24) is 4.98 Å². The summed E-state index contributed by atoms with van der Waals surface area (Å²) in [5.41, 5.74) is 1.02. The van der Waals surface area contributed by atoms with E-state index in [0.29, 0.717) is 28.6 Å².